The Kier molecular flexibility index (Phi) is 6.09. The summed E-state index contributed by atoms with van der Waals surface area (Å²) in [6.07, 6.45) is 0.950. The molecule has 0 spiro atoms. The number of methoxy groups -OCH3 is 1. The smallest absolute Gasteiger partial charge is 0.191 e. The van der Waals surface area contributed by atoms with Crippen LogP contribution in [0.1, 0.15) is 19.1 Å². The van der Waals surface area contributed by atoms with Gasteiger partial charge in [0.1, 0.15) is 17.9 Å². The number of benzene rings is 1. The van der Waals surface area contributed by atoms with E-state index in [-0.39, 0.29) is 0 Å². The molecule has 0 unspecified atom stereocenters. The Morgan fingerprint density at radius 2 is 2.14 bits per heavy atom. The summed E-state index contributed by atoms with van der Waals surface area (Å²) in [5.41, 5.74) is 0.903. The normalized spacial score (nSPS) is 11.8. The van der Waals surface area contributed by atoms with Crippen molar-refractivity contribution >= 4 is 16.9 Å². The number of guanidine groups is 1. The lowest BCUT2D eigenvalue weighted by molar-refractivity contribution is 0.195. The lowest BCUT2D eigenvalue weighted by atomic mass is 10.2. The number of hydrogen-bond donors (Lipinski definition) is 2. The fourth-order valence-electron chi connectivity index (χ4n) is 2.04. The number of hydrogen-bond acceptors (Lipinski definition) is 3. The number of ether oxygens (including phenoxy) is 1. The van der Waals surface area contributed by atoms with Crippen LogP contribution in [0.15, 0.2) is 39.7 Å². The van der Waals surface area contributed by atoms with Gasteiger partial charge >= 0.3 is 0 Å². The first-order valence-electron chi connectivity index (χ1n) is 7.32. The summed E-state index contributed by atoms with van der Waals surface area (Å²) in [7, 11) is 1.71. The second kappa shape index (κ2) is 8.32. The molecule has 2 rings (SSSR count). The van der Waals surface area contributed by atoms with Crippen LogP contribution in [0.3, 0.4) is 0 Å². The maximum absolute atomic E-state index is 5.76. The van der Waals surface area contributed by atoms with Gasteiger partial charge in [-0.3, -0.25) is 0 Å². The second-order valence-electron chi connectivity index (χ2n) is 4.72. The van der Waals surface area contributed by atoms with E-state index in [1.165, 1.54) is 0 Å². The Hall–Kier alpha value is -2.01. The SMILES string of the molecule is CCNC(=NCc1cc2ccccc2o1)NCCCOC. The molecule has 2 N–H and O–H groups in total. The molecule has 5 heteroatoms. The molecule has 21 heavy (non-hydrogen) atoms. The molecule has 0 radical (unpaired) electrons. The van der Waals surface area contributed by atoms with Crippen LogP contribution in [-0.2, 0) is 11.3 Å². The Balaban J connectivity index is 1.94. The highest BCUT2D eigenvalue weighted by molar-refractivity contribution is 5.80. The second-order valence-corrected chi connectivity index (χ2v) is 4.72. The summed E-state index contributed by atoms with van der Waals surface area (Å²) in [5.74, 6) is 1.67. The van der Waals surface area contributed by atoms with Crippen molar-refractivity contribution < 1.29 is 9.15 Å². The lowest BCUT2D eigenvalue weighted by Gasteiger charge is -2.10. The monoisotopic (exact) mass is 289 g/mol. The molecule has 2 aromatic rings. The summed E-state index contributed by atoms with van der Waals surface area (Å²) in [4.78, 5) is 4.54. The molecular formula is C16H23N3O2. The van der Waals surface area contributed by atoms with E-state index in [1.807, 2.05) is 37.3 Å². The molecule has 0 amide bonds. The maximum atomic E-state index is 5.76. The summed E-state index contributed by atoms with van der Waals surface area (Å²) in [6, 6.07) is 10.0. The quantitative estimate of drug-likeness (QED) is 0.467. The highest BCUT2D eigenvalue weighted by atomic mass is 16.5. The number of nitrogens with zero attached hydrogens (tertiary/aromatic N) is 1. The van der Waals surface area contributed by atoms with Gasteiger partial charge in [-0.05, 0) is 25.5 Å². The van der Waals surface area contributed by atoms with E-state index < -0.39 is 0 Å². The first-order chi connectivity index (χ1) is 10.3. The van der Waals surface area contributed by atoms with Gasteiger partial charge in [0.2, 0.25) is 0 Å². The standard InChI is InChI=1S/C16H23N3O2/c1-3-17-16(18-9-6-10-20-2)19-12-14-11-13-7-4-5-8-15(13)21-14/h4-5,7-8,11H,3,6,9-10,12H2,1-2H3,(H2,17,18,19). The van der Waals surface area contributed by atoms with Gasteiger partial charge in [0.15, 0.2) is 5.96 Å². The number of nitrogens with one attached hydrogen (secondary N) is 2. The Morgan fingerprint density at radius 3 is 2.90 bits per heavy atom. The third kappa shape index (κ3) is 4.79. The average molecular weight is 289 g/mol. The van der Waals surface area contributed by atoms with Crippen molar-refractivity contribution in [1.29, 1.82) is 0 Å². The van der Waals surface area contributed by atoms with E-state index in [2.05, 4.69) is 15.6 Å². The predicted molar refractivity (Wildman–Crippen MR) is 85.5 cm³/mol. The summed E-state index contributed by atoms with van der Waals surface area (Å²) in [6.45, 7) is 4.98. The number of fused-ring (bicyclic) bond motifs is 1. The molecule has 0 saturated heterocycles. The van der Waals surface area contributed by atoms with E-state index in [0.29, 0.717) is 6.54 Å². The third-order valence-corrected chi connectivity index (χ3v) is 3.03. The zero-order valence-electron chi connectivity index (χ0n) is 12.7. The van der Waals surface area contributed by atoms with E-state index in [4.69, 9.17) is 9.15 Å². The van der Waals surface area contributed by atoms with E-state index in [9.17, 15) is 0 Å². The molecule has 1 aromatic carbocycles. The van der Waals surface area contributed by atoms with Crippen molar-refractivity contribution in [2.75, 3.05) is 26.8 Å². The van der Waals surface area contributed by atoms with Crippen LogP contribution in [0.2, 0.25) is 0 Å². The largest absolute Gasteiger partial charge is 0.459 e. The van der Waals surface area contributed by atoms with Gasteiger partial charge in [0, 0.05) is 32.2 Å². The van der Waals surface area contributed by atoms with Crippen molar-refractivity contribution in [3.8, 4) is 0 Å². The summed E-state index contributed by atoms with van der Waals surface area (Å²) < 4.78 is 10.8. The van der Waals surface area contributed by atoms with Crippen LogP contribution in [0.5, 0.6) is 0 Å². The van der Waals surface area contributed by atoms with Crippen molar-refractivity contribution in [1.82, 2.24) is 10.6 Å². The Morgan fingerprint density at radius 1 is 1.29 bits per heavy atom. The molecule has 0 saturated carbocycles. The highest BCUT2D eigenvalue weighted by Crippen LogP contribution is 2.19. The van der Waals surface area contributed by atoms with E-state index >= 15 is 0 Å². The minimum Gasteiger partial charge on any atom is -0.459 e. The Labute approximate surface area is 125 Å². The summed E-state index contributed by atoms with van der Waals surface area (Å²) in [5, 5.41) is 7.61. The van der Waals surface area contributed by atoms with Crippen molar-refractivity contribution in [2.45, 2.75) is 19.9 Å². The first-order valence-corrected chi connectivity index (χ1v) is 7.32. The number of furan rings is 1. The predicted octanol–water partition coefficient (Wildman–Crippen LogP) is 2.52. The fourth-order valence-corrected chi connectivity index (χ4v) is 2.04. The first kappa shape index (κ1) is 15.4. The van der Waals surface area contributed by atoms with Gasteiger partial charge in [0.25, 0.3) is 0 Å². The molecule has 114 valence electrons. The minimum atomic E-state index is 0.522. The van der Waals surface area contributed by atoms with Crippen LogP contribution >= 0.6 is 0 Å². The molecule has 0 aliphatic heterocycles. The molecule has 0 aliphatic carbocycles. The molecule has 5 nitrogen and oxygen atoms in total. The van der Waals surface area contributed by atoms with Gasteiger partial charge in [-0.2, -0.15) is 0 Å². The number of aliphatic imine (C=N–C) groups is 1. The fraction of sp³-hybridized carbons (Fsp3) is 0.438. The van der Waals surface area contributed by atoms with Crippen LogP contribution in [0.4, 0.5) is 0 Å². The molecule has 1 heterocycles. The topological polar surface area (TPSA) is 58.8 Å². The van der Waals surface area contributed by atoms with Gasteiger partial charge in [-0.1, -0.05) is 18.2 Å². The molecule has 0 aliphatic rings. The Bertz CT molecular complexity index is 545. The molecule has 0 bridgehead atoms. The van der Waals surface area contributed by atoms with Crippen LogP contribution in [0.25, 0.3) is 11.0 Å². The van der Waals surface area contributed by atoms with E-state index in [0.717, 1.165) is 48.8 Å². The summed E-state index contributed by atoms with van der Waals surface area (Å²) >= 11 is 0. The number of rotatable bonds is 7. The molecule has 1 aromatic heterocycles. The van der Waals surface area contributed by atoms with E-state index in [1.54, 1.807) is 7.11 Å². The molecular weight excluding hydrogens is 266 g/mol. The van der Waals surface area contributed by atoms with Crippen molar-refractivity contribution in [3.63, 3.8) is 0 Å². The lowest BCUT2D eigenvalue weighted by Crippen LogP contribution is -2.38. The highest BCUT2D eigenvalue weighted by Gasteiger charge is 2.03. The van der Waals surface area contributed by atoms with Gasteiger partial charge in [-0.15, -0.1) is 0 Å². The zero-order chi connectivity index (χ0) is 14.9. The molecule has 0 atom stereocenters. The maximum Gasteiger partial charge on any atom is 0.191 e. The molecule has 0 fully saturated rings. The average Bonchev–Trinajstić information content (AvgIpc) is 2.92. The van der Waals surface area contributed by atoms with Crippen LogP contribution in [0, 0.1) is 0 Å². The van der Waals surface area contributed by atoms with Crippen molar-refractivity contribution in [2.24, 2.45) is 4.99 Å². The third-order valence-electron chi connectivity index (χ3n) is 3.03. The van der Waals surface area contributed by atoms with Gasteiger partial charge in [-0.25, -0.2) is 4.99 Å². The van der Waals surface area contributed by atoms with Crippen LogP contribution in [-0.4, -0.2) is 32.8 Å². The zero-order valence-corrected chi connectivity index (χ0v) is 12.7. The van der Waals surface area contributed by atoms with Gasteiger partial charge in [0.05, 0.1) is 0 Å². The number of para-hydroxylation sites is 1. The van der Waals surface area contributed by atoms with Crippen molar-refractivity contribution in [3.05, 3.63) is 36.1 Å². The van der Waals surface area contributed by atoms with Gasteiger partial charge < -0.3 is 19.8 Å². The minimum absolute atomic E-state index is 0.522. The van der Waals surface area contributed by atoms with Crippen LogP contribution < -0.4 is 10.6 Å².